The van der Waals surface area contributed by atoms with Gasteiger partial charge in [-0.15, -0.1) is 0 Å². The average molecular weight is 249 g/mol. The third kappa shape index (κ3) is 2.74. The van der Waals surface area contributed by atoms with Crippen LogP contribution in [0.5, 0.6) is 0 Å². The summed E-state index contributed by atoms with van der Waals surface area (Å²) in [5, 5.41) is 0. The zero-order valence-corrected chi connectivity index (χ0v) is 13.0. The van der Waals surface area contributed by atoms with Crippen molar-refractivity contribution in [3.8, 4) is 0 Å². The van der Waals surface area contributed by atoms with Crippen molar-refractivity contribution >= 4 is 8.96 Å². The van der Waals surface area contributed by atoms with Crippen LogP contribution in [0.25, 0.3) is 0 Å². The van der Waals surface area contributed by atoms with Gasteiger partial charge in [0, 0.05) is 11.6 Å². The fourth-order valence-electron chi connectivity index (χ4n) is 3.75. The zero-order valence-electron chi connectivity index (χ0n) is 11.9. The molecule has 0 radical (unpaired) electrons. The maximum atomic E-state index is 2.87. The van der Waals surface area contributed by atoms with E-state index in [0.29, 0.717) is 0 Å². The smallest absolute Gasteiger partial charge is 0.107 e. The van der Waals surface area contributed by atoms with E-state index in [1.165, 1.54) is 37.7 Å². The molecule has 17 heavy (non-hydrogen) atoms. The molecule has 0 heterocycles. The molecule has 0 saturated heterocycles. The summed E-state index contributed by atoms with van der Waals surface area (Å²) in [5.41, 5.74) is 1.65. The maximum absolute atomic E-state index is 2.87. The van der Waals surface area contributed by atoms with E-state index in [1.807, 2.05) is 0 Å². The third-order valence-electron chi connectivity index (χ3n) is 4.28. The van der Waals surface area contributed by atoms with Crippen molar-refractivity contribution < 1.29 is 0 Å². The van der Waals surface area contributed by atoms with E-state index < -0.39 is 8.96 Å². The van der Waals surface area contributed by atoms with Gasteiger partial charge in [0.1, 0.15) is 8.96 Å². The highest BCUT2D eigenvalue weighted by Crippen LogP contribution is 2.34. The second-order valence-corrected chi connectivity index (χ2v) is 8.98. The van der Waals surface area contributed by atoms with Crippen LogP contribution in [0, 0.1) is 0 Å². The summed E-state index contributed by atoms with van der Waals surface area (Å²) in [7, 11) is -0.769. The summed E-state index contributed by atoms with van der Waals surface area (Å²) in [5.74, 6) is 0. The lowest BCUT2D eigenvalue weighted by Gasteiger charge is -2.46. The summed E-state index contributed by atoms with van der Waals surface area (Å²) in [4.78, 5) is 0. The molecule has 0 bridgehead atoms. The molecule has 2 rings (SSSR count). The quantitative estimate of drug-likeness (QED) is 0.686. The standard InChI is InChI=1S/C15H27NSi/c1-13-10-11-15(2,12-13)16(17(3)4)14-8-6-5-7-9-14/h10-12,14,17H,5-9H2,1-4H3. The molecule has 0 amide bonds. The minimum absolute atomic E-state index is 0.215. The Hall–Kier alpha value is -0.343. The Morgan fingerprint density at radius 2 is 1.88 bits per heavy atom. The molecule has 1 nitrogen and oxygen atoms in total. The first kappa shape index (κ1) is 13.1. The Kier molecular flexibility index (Phi) is 3.94. The average Bonchev–Trinajstić information content (AvgIpc) is 2.60. The molecule has 96 valence electrons. The number of hydrogen-bond acceptors (Lipinski definition) is 1. The van der Waals surface area contributed by atoms with Crippen LogP contribution in [0.4, 0.5) is 0 Å². The van der Waals surface area contributed by atoms with Gasteiger partial charge in [0.15, 0.2) is 0 Å². The second kappa shape index (κ2) is 5.11. The molecule has 0 aliphatic heterocycles. The molecule has 0 spiro atoms. The van der Waals surface area contributed by atoms with Crippen LogP contribution in [-0.4, -0.2) is 25.1 Å². The van der Waals surface area contributed by atoms with Crippen LogP contribution in [0.1, 0.15) is 46.0 Å². The lowest BCUT2D eigenvalue weighted by Crippen LogP contribution is -2.55. The maximum Gasteiger partial charge on any atom is 0.107 e. The van der Waals surface area contributed by atoms with Gasteiger partial charge in [-0.1, -0.05) is 56.2 Å². The molecule has 1 atom stereocenters. The molecule has 1 fully saturated rings. The van der Waals surface area contributed by atoms with Gasteiger partial charge < -0.3 is 4.57 Å². The van der Waals surface area contributed by atoms with E-state index in [9.17, 15) is 0 Å². The predicted molar refractivity (Wildman–Crippen MR) is 78.9 cm³/mol. The first-order valence-corrected chi connectivity index (χ1v) is 10.0. The van der Waals surface area contributed by atoms with Crippen LogP contribution in [0.3, 0.4) is 0 Å². The van der Waals surface area contributed by atoms with Crippen LogP contribution in [-0.2, 0) is 0 Å². The van der Waals surface area contributed by atoms with Gasteiger partial charge >= 0.3 is 0 Å². The van der Waals surface area contributed by atoms with Crippen LogP contribution >= 0.6 is 0 Å². The Balaban J connectivity index is 2.20. The van der Waals surface area contributed by atoms with Gasteiger partial charge in [0.05, 0.1) is 0 Å². The van der Waals surface area contributed by atoms with Crippen LogP contribution < -0.4 is 0 Å². The number of nitrogens with zero attached hydrogens (tertiary/aromatic N) is 1. The summed E-state index contributed by atoms with van der Waals surface area (Å²) in [6.45, 7) is 9.59. The molecule has 0 aromatic rings. The molecular formula is C15H27NSi. The lowest BCUT2D eigenvalue weighted by atomic mass is 9.92. The predicted octanol–water partition coefficient (Wildman–Crippen LogP) is 3.88. The van der Waals surface area contributed by atoms with Crippen LogP contribution in [0.15, 0.2) is 23.8 Å². The molecule has 0 N–H and O–H groups in total. The van der Waals surface area contributed by atoms with Crippen molar-refractivity contribution in [2.75, 3.05) is 0 Å². The third-order valence-corrected chi connectivity index (χ3v) is 6.37. The lowest BCUT2D eigenvalue weighted by molar-refractivity contribution is 0.192. The highest BCUT2D eigenvalue weighted by Gasteiger charge is 2.36. The topological polar surface area (TPSA) is 3.24 Å². The number of rotatable bonds is 3. The van der Waals surface area contributed by atoms with E-state index in [2.05, 4.69) is 49.7 Å². The van der Waals surface area contributed by atoms with Gasteiger partial charge in [-0.2, -0.15) is 0 Å². The normalized spacial score (nSPS) is 30.4. The highest BCUT2D eigenvalue weighted by atomic mass is 28.3. The van der Waals surface area contributed by atoms with Crippen molar-refractivity contribution in [3.63, 3.8) is 0 Å². The molecule has 0 aromatic heterocycles. The fraction of sp³-hybridized carbons (Fsp3) is 0.733. The monoisotopic (exact) mass is 249 g/mol. The Bertz CT molecular complexity index is 326. The number of allylic oxidation sites excluding steroid dienone is 2. The van der Waals surface area contributed by atoms with E-state index in [-0.39, 0.29) is 5.54 Å². The zero-order chi connectivity index (χ0) is 12.5. The van der Waals surface area contributed by atoms with Gasteiger partial charge in [0.25, 0.3) is 0 Å². The minimum Gasteiger partial charge on any atom is -0.313 e. The van der Waals surface area contributed by atoms with Crippen molar-refractivity contribution in [1.82, 2.24) is 4.57 Å². The first-order chi connectivity index (χ1) is 8.03. The van der Waals surface area contributed by atoms with Crippen molar-refractivity contribution in [2.24, 2.45) is 0 Å². The summed E-state index contributed by atoms with van der Waals surface area (Å²) in [6, 6.07) is 0.840. The molecule has 1 unspecified atom stereocenters. The molecule has 0 aromatic carbocycles. The number of hydrogen-bond donors (Lipinski definition) is 0. The van der Waals surface area contributed by atoms with Gasteiger partial charge in [-0.25, -0.2) is 0 Å². The fourth-order valence-corrected chi connectivity index (χ4v) is 6.16. The van der Waals surface area contributed by atoms with Crippen molar-refractivity contribution in [3.05, 3.63) is 23.8 Å². The van der Waals surface area contributed by atoms with Gasteiger partial charge in [-0.05, 0) is 26.7 Å². The SMILES string of the molecule is CC1=CC(C)(N(C2CCCCC2)[SiH](C)C)C=C1. The molecule has 2 aliphatic carbocycles. The van der Waals surface area contributed by atoms with E-state index in [1.54, 1.807) is 0 Å². The Morgan fingerprint density at radius 1 is 1.24 bits per heavy atom. The van der Waals surface area contributed by atoms with Crippen LogP contribution in [0.2, 0.25) is 13.1 Å². The van der Waals surface area contributed by atoms with Gasteiger partial charge in [-0.3, -0.25) is 0 Å². The van der Waals surface area contributed by atoms with Gasteiger partial charge in [0.2, 0.25) is 0 Å². The molecule has 2 aliphatic rings. The minimum atomic E-state index is -0.769. The van der Waals surface area contributed by atoms with E-state index >= 15 is 0 Å². The summed E-state index contributed by atoms with van der Waals surface area (Å²) >= 11 is 0. The first-order valence-electron chi connectivity index (χ1n) is 7.20. The van der Waals surface area contributed by atoms with E-state index in [4.69, 9.17) is 0 Å². The summed E-state index contributed by atoms with van der Waals surface area (Å²) < 4.78 is 2.87. The molecular weight excluding hydrogens is 222 g/mol. The Labute approximate surface area is 108 Å². The highest BCUT2D eigenvalue weighted by molar-refractivity contribution is 6.53. The Morgan fingerprint density at radius 3 is 2.35 bits per heavy atom. The largest absolute Gasteiger partial charge is 0.313 e. The van der Waals surface area contributed by atoms with E-state index in [0.717, 1.165) is 6.04 Å². The van der Waals surface area contributed by atoms with Crippen molar-refractivity contribution in [2.45, 2.75) is 70.6 Å². The molecule has 2 heteroatoms. The molecule has 1 saturated carbocycles. The summed E-state index contributed by atoms with van der Waals surface area (Å²) in [6.07, 6.45) is 14.3. The second-order valence-electron chi connectivity index (χ2n) is 6.24. The van der Waals surface area contributed by atoms with Crippen molar-refractivity contribution in [1.29, 1.82) is 0 Å².